The highest BCUT2D eigenvalue weighted by Gasteiger charge is 2.44. The van der Waals surface area contributed by atoms with Crippen LogP contribution < -0.4 is 16.0 Å². The lowest BCUT2D eigenvalue weighted by molar-refractivity contribution is 0.176. The van der Waals surface area contributed by atoms with Gasteiger partial charge in [0.2, 0.25) is 0 Å². The first kappa shape index (κ1) is 31.3. The molecule has 1 aromatic heterocycles. The van der Waals surface area contributed by atoms with Crippen LogP contribution in [0.25, 0.3) is 0 Å². The molecule has 2 unspecified atom stereocenters. The van der Waals surface area contributed by atoms with Gasteiger partial charge in [-0.15, -0.1) is 11.8 Å². The second-order valence-electron chi connectivity index (χ2n) is 11.9. The van der Waals surface area contributed by atoms with E-state index in [0.29, 0.717) is 29.0 Å². The monoisotopic (exact) mass is 590 g/mol. The summed E-state index contributed by atoms with van der Waals surface area (Å²) in [6.07, 6.45) is 3.35. The molecule has 2 aromatic carbocycles. The van der Waals surface area contributed by atoms with Crippen LogP contribution in [0.3, 0.4) is 0 Å². The normalized spacial score (nSPS) is 17.2. The molecule has 0 radical (unpaired) electrons. The van der Waals surface area contributed by atoms with Gasteiger partial charge in [-0.3, -0.25) is 15.4 Å². The zero-order chi connectivity index (χ0) is 29.7. The van der Waals surface area contributed by atoms with Gasteiger partial charge in [0, 0.05) is 28.9 Å². The standard InChI is InChI=1S/C33H46N4O2SSi/c1-22(2)41(23(3)4,24(5)6)38-19-20-40-31-14-10-9-13-28(31)33(36)37-21-25(15-18-32(37)35)39-30-17-16-29(34)26-11-7-8-12-27(26)30/h7-15,18,21-24,29-30,35-36H,16-17,19-20,34H2,1-6H3. The minimum atomic E-state index is -1.92. The molecule has 41 heavy (non-hydrogen) atoms. The summed E-state index contributed by atoms with van der Waals surface area (Å²) < 4.78 is 14.8. The van der Waals surface area contributed by atoms with Gasteiger partial charge in [-0.2, -0.15) is 0 Å². The first-order valence-electron chi connectivity index (χ1n) is 14.8. The third kappa shape index (κ3) is 6.72. The highest BCUT2D eigenvalue weighted by Crippen LogP contribution is 2.42. The fraction of sp³-hybridized carbons (Fsp3) is 0.455. The lowest BCUT2D eigenvalue weighted by atomic mass is 9.86. The van der Waals surface area contributed by atoms with Crippen molar-refractivity contribution in [2.24, 2.45) is 5.73 Å². The number of nitrogens with one attached hydrogen (secondary N) is 2. The van der Waals surface area contributed by atoms with Crippen molar-refractivity contribution in [3.63, 3.8) is 0 Å². The number of benzene rings is 2. The number of nitrogens with two attached hydrogens (primary N) is 1. The Morgan fingerprint density at radius 1 is 0.927 bits per heavy atom. The molecule has 0 aliphatic heterocycles. The number of ether oxygens (including phenoxy) is 1. The van der Waals surface area contributed by atoms with E-state index in [1.165, 1.54) is 0 Å². The summed E-state index contributed by atoms with van der Waals surface area (Å²) in [5, 5.41) is 17.7. The van der Waals surface area contributed by atoms with Crippen LogP contribution in [0.5, 0.6) is 5.75 Å². The number of nitrogens with zero attached hydrogens (tertiary/aromatic N) is 1. The molecule has 4 N–H and O–H groups in total. The number of hydrogen-bond acceptors (Lipinski definition) is 6. The van der Waals surface area contributed by atoms with Gasteiger partial charge < -0.3 is 14.9 Å². The van der Waals surface area contributed by atoms with Crippen LogP contribution in [0.2, 0.25) is 16.6 Å². The molecule has 0 spiro atoms. The Labute approximate surface area is 250 Å². The van der Waals surface area contributed by atoms with Gasteiger partial charge in [0.25, 0.3) is 0 Å². The Morgan fingerprint density at radius 2 is 1.56 bits per heavy atom. The Kier molecular flexibility index (Phi) is 10.3. The predicted molar refractivity (Wildman–Crippen MR) is 173 cm³/mol. The Hall–Kier alpha value is -2.65. The summed E-state index contributed by atoms with van der Waals surface area (Å²) in [4.78, 5) is 1.01. The lowest BCUT2D eigenvalue weighted by Crippen LogP contribution is -2.48. The quantitative estimate of drug-likeness (QED) is 0.0692. The Balaban J connectivity index is 1.50. The third-order valence-electron chi connectivity index (χ3n) is 8.47. The van der Waals surface area contributed by atoms with Crippen molar-refractivity contribution < 1.29 is 9.16 Å². The van der Waals surface area contributed by atoms with E-state index in [4.69, 9.17) is 25.7 Å². The van der Waals surface area contributed by atoms with Gasteiger partial charge in [-0.25, -0.2) is 0 Å². The smallest absolute Gasteiger partial charge is 0.200 e. The predicted octanol–water partition coefficient (Wildman–Crippen LogP) is 8.04. The van der Waals surface area contributed by atoms with E-state index >= 15 is 0 Å². The van der Waals surface area contributed by atoms with Gasteiger partial charge in [0.1, 0.15) is 23.2 Å². The van der Waals surface area contributed by atoms with E-state index in [2.05, 4.69) is 59.7 Å². The zero-order valence-corrected chi connectivity index (χ0v) is 27.1. The largest absolute Gasteiger partial charge is 0.484 e. The zero-order valence-electron chi connectivity index (χ0n) is 25.3. The summed E-state index contributed by atoms with van der Waals surface area (Å²) in [6.45, 7) is 14.6. The average Bonchev–Trinajstić information content (AvgIpc) is 2.95. The summed E-state index contributed by atoms with van der Waals surface area (Å²) >= 11 is 1.72. The second kappa shape index (κ2) is 13.5. The maximum Gasteiger partial charge on any atom is 0.200 e. The van der Waals surface area contributed by atoms with Crippen molar-refractivity contribution in [2.75, 3.05) is 12.4 Å². The number of rotatable bonds is 11. The van der Waals surface area contributed by atoms with Crippen molar-refractivity contribution in [3.8, 4) is 5.75 Å². The first-order valence-corrected chi connectivity index (χ1v) is 17.9. The van der Waals surface area contributed by atoms with E-state index in [1.54, 1.807) is 28.6 Å². The molecule has 1 heterocycles. The molecule has 6 nitrogen and oxygen atoms in total. The van der Waals surface area contributed by atoms with Crippen molar-refractivity contribution in [2.45, 2.75) is 88.0 Å². The number of fused-ring (bicyclic) bond motifs is 1. The molecular formula is C33H46N4O2SSi. The van der Waals surface area contributed by atoms with Gasteiger partial charge in [0.15, 0.2) is 8.32 Å². The van der Waals surface area contributed by atoms with Crippen molar-refractivity contribution in [3.05, 3.63) is 89.0 Å². The average molecular weight is 591 g/mol. The van der Waals surface area contributed by atoms with Crippen LogP contribution in [-0.4, -0.2) is 31.1 Å². The summed E-state index contributed by atoms with van der Waals surface area (Å²) in [5.74, 6) is 1.71. The molecule has 0 bridgehead atoms. The molecule has 2 atom stereocenters. The molecule has 0 saturated heterocycles. The van der Waals surface area contributed by atoms with Crippen LogP contribution in [0.1, 0.15) is 83.2 Å². The minimum absolute atomic E-state index is 0.0269. The number of aromatic nitrogens is 1. The molecule has 8 heteroatoms. The van der Waals surface area contributed by atoms with Gasteiger partial charge >= 0.3 is 0 Å². The van der Waals surface area contributed by atoms with Crippen molar-refractivity contribution >= 4 is 25.9 Å². The van der Waals surface area contributed by atoms with E-state index in [-0.39, 0.29) is 23.5 Å². The lowest BCUT2D eigenvalue weighted by Gasteiger charge is -2.42. The second-order valence-corrected chi connectivity index (χ2v) is 18.5. The summed E-state index contributed by atoms with van der Waals surface area (Å²) in [7, 11) is -1.92. The molecule has 0 saturated carbocycles. The van der Waals surface area contributed by atoms with Crippen molar-refractivity contribution in [1.82, 2.24) is 4.57 Å². The molecule has 1 aliphatic carbocycles. The van der Waals surface area contributed by atoms with Crippen molar-refractivity contribution in [1.29, 1.82) is 10.8 Å². The number of pyridine rings is 1. The summed E-state index contributed by atoms with van der Waals surface area (Å²) in [6, 6.07) is 19.7. The fourth-order valence-corrected chi connectivity index (χ4v) is 13.1. The molecule has 0 fully saturated rings. The van der Waals surface area contributed by atoms with Crippen LogP contribution in [0.15, 0.2) is 71.8 Å². The van der Waals surface area contributed by atoms with Gasteiger partial charge in [-0.1, -0.05) is 84.0 Å². The molecule has 1 aliphatic rings. The van der Waals surface area contributed by atoms with E-state index in [1.807, 2.05) is 36.4 Å². The van der Waals surface area contributed by atoms with E-state index in [9.17, 15) is 0 Å². The SMILES string of the molecule is CC(C)[Si](OCCSc1ccccc1C(=N)n1cc(OC2CCC(N)c3ccccc32)ccc1=N)(C(C)C)C(C)C. The van der Waals surface area contributed by atoms with E-state index in [0.717, 1.165) is 40.2 Å². The summed E-state index contributed by atoms with van der Waals surface area (Å²) in [5.41, 5.74) is 11.3. The molecule has 3 aromatic rings. The van der Waals surface area contributed by atoms with Crippen LogP contribution in [-0.2, 0) is 4.43 Å². The van der Waals surface area contributed by atoms with Gasteiger partial charge in [0.05, 0.1) is 6.20 Å². The maximum atomic E-state index is 9.09. The minimum Gasteiger partial charge on any atom is -0.484 e. The topological polar surface area (TPSA) is 97.1 Å². The molecule has 4 rings (SSSR count). The van der Waals surface area contributed by atoms with E-state index < -0.39 is 8.32 Å². The van der Waals surface area contributed by atoms with Crippen LogP contribution in [0.4, 0.5) is 0 Å². The number of thioether (sulfide) groups is 1. The Bertz CT molecular complexity index is 1380. The number of hydrogen-bond donors (Lipinski definition) is 3. The van der Waals surface area contributed by atoms with Crippen LogP contribution >= 0.6 is 11.8 Å². The fourth-order valence-electron chi connectivity index (χ4n) is 6.59. The molecule has 0 amide bonds. The van der Waals surface area contributed by atoms with Gasteiger partial charge in [-0.05, 0) is 58.8 Å². The Morgan fingerprint density at radius 3 is 2.24 bits per heavy atom. The third-order valence-corrected chi connectivity index (χ3v) is 15.6. The first-order chi connectivity index (χ1) is 19.6. The highest BCUT2D eigenvalue weighted by molar-refractivity contribution is 7.99. The highest BCUT2D eigenvalue weighted by atomic mass is 32.2. The molecule has 220 valence electrons. The van der Waals surface area contributed by atoms with Crippen LogP contribution in [0, 0.1) is 10.8 Å². The molecular weight excluding hydrogens is 545 g/mol. The maximum absolute atomic E-state index is 9.09.